The number of anilines is 2. The first-order valence-corrected chi connectivity index (χ1v) is 13.3. The molecule has 0 saturated carbocycles. The molecule has 210 valence electrons. The highest BCUT2D eigenvalue weighted by Gasteiger charge is 2.35. The van der Waals surface area contributed by atoms with Crippen LogP contribution >= 0.6 is 0 Å². The summed E-state index contributed by atoms with van der Waals surface area (Å²) in [4.78, 5) is 17.3. The molecule has 0 spiro atoms. The van der Waals surface area contributed by atoms with Crippen LogP contribution < -0.4 is 20.3 Å². The number of rotatable bonds is 8. The summed E-state index contributed by atoms with van der Waals surface area (Å²) in [7, 11) is 0. The fraction of sp³-hybridized carbons (Fsp3) is 0.556. The van der Waals surface area contributed by atoms with E-state index in [1.165, 1.54) is 6.07 Å². The van der Waals surface area contributed by atoms with Crippen LogP contribution in [0.15, 0.2) is 35.1 Å². The van der Waals surface area contributed by atoms with E-state index in [2.05, 4.69) is 25.0 Å². The number of aliphatic hydroxyl groups excluding tert-OH is 1. The van der Waals surface area contributed by atoms with Gasteiger partial charge in [0.15, 0.2) is 11.6 Å². The Hall–Kier alpha value is -3.38. The lowest BCUT2D eigenvalue weighted by Gasteiger charge is -2.33. The molecule has 2 fully saturated rings. The minimum Gasteiger partial charge on any atom is -0.487 e. The molecule has 2 aliphatic heterocycles. The van der Waals surface area contributed by atoms with Crippen molar-refractivity contribution < 1.29 is 23.1 Å². The van der Waals surface area contributed by atoms with Gasteiger partial charge < -0.3 is 29.9 Å². The molecule has 12 heteroatoms. The zero-order valence-electron chi connectivity index (χ0n) is 22.4. The van der Waals surface area contributed by atoms with Crippen LogP contribution in [-0.2, 0) is 5.41 Å². The van der Waals surface area contributed by atoms with Gasteiger partial charge in [0.2, 0.25) is 5.95 Å². The van der Waals surface area contributed by atoms with Crippen LogP contribution in [0.1, 0.15) is 50.9 Å². The average Bonchev–Trinajstić information content (AvgIpc) is 3.58. The summed E-state index contributed by atoms with van der Waals surface area (Å²) in [5.74, 6) is 0.562. The molecule has 5 rings (SSSR count). The van der Waals surface area contributed by atoms with Crippen molar-refractivity contribution in [1.82, 2.24) is 20.1 Å². The smallest absolute Gasteiger partial charge is 0.324 e. The molecule has 2 aromatic heterocycles. The second kappa shape index (κ2) is 11.0. The fourth-order valence-corrected chi connectivity index (χ4v) is 5.21. The first-order chi connectivity index (χ1) is 18.6. The molecule has 2 aliphatic rings. The maximum Gasteiger partial charge on any atom is 0.324 e. The van der Waals surface area contributed by atoms with Crippen molar-refractivity contribution in [1.29, 1.82) is 0 Å². The normalized spacial score (nSPS) is 21.4. The van der Waals surface area contributed by atoms with E-state index < -0.39 is 17.0 Å². The molecular weight excluding hydrogens is 508 g/mol. The molecule has 2 saturated heterocycles. The number of halogens is 2. The Morgan fingerprint density at radius 3 is 2.56 bits per heavy atom. The molecule has 0 amide bonds. The number of ether oxygens (including phenoxy) is 1. The highest BCUT2D eigenvalue weighted by atomic mass is 19.1. The molecule has 0 radical (unpaired) electrons. The third-order valence-corrected chi connectivity index (χ3v) is 7.83. The molecular formula is C27H35F2N7O3. The number of nitrogens with zero attached hydrogens (tertiary/aromatic N) is 6. The van der Waals surface area contributed by atoms with Gasteiger partial charge in [0.05, 0.1) is 30.5 Å². The lowest BCUT2D eigenvalue weighted by atomic mass is 9.92. The SMILES string of the molecule is CC(Oc1cnc(N2CC(N)C(c3cc(F)ccc3F)C2)nc1)C1CCN(c2nc(C(C)(C)CO)no2)CC1. The maximum absolute atomic E-state index is 14.3. The lowest BCUT2D eigenvalue weighted by Crippen LogP contribution is -2.39. The summed E-state index contributed by atoms with van der Waals surface area (Å²) in [5, 5.41) is 13.6. The predicted octanol–water partition coefficient (Wildman–Crippen LogP) is 3.02. The zero-order valence-corrected chi connectivity index (χ0v) is 22.4. The maximum atomic E-state index is 14.3. The van der Waals surface area contributed by atoms with Crippen LogP contribution in [0.4, 0.5) is 20.7 Å². The second-order valence-electron chi connectivity index (χ2n) is 11.1. The van der Waals surface area contributed by atoms with Gasteiger partial charge in [0, 0.05) is 38.1 Å². The second-order valence-corrected chi connectivity index (χ2v) is 11.1. The number of aromatic nitrogens is 4. The first-order valence-electron chi connectivity index (χ1n) is 13.3. The van der Waals surface area contributed by atoms with Crippen LogP contribution in [0, 0.1) is 17.6 Å². The Morgan fingerprint density at radius 2 is 1.87 bits per heavy atom. The standard InChI is InChI=1S/C27H35F2N7O3/c1-16(17-6-8-35(9-7-17)26-33-24(34-39-26)27(2,3)15-37)38-19-11-31-25(32-12-19)36-13-21(23(30)14-36)20-10-18(28)4-5-22(20)29/h4-5,10-12,16-17,21,23,37H,6-9,13-15,30H2,1-3H3. The number of hydrogen-bond donors (Lipinski definition) is 2. The van der Waals surface area contributed by atoms with Gasteiger partial charge in [-0.2, -0.15) is 4.98 Å². The number of aliphatic hydroxyl groups is 1. The van der Waals surface area contributed by atoms with Gasteiger partial charge in [0.25, 0.3) is 0 Å². The van der Waals surface area contributed by atoms with Crippen molar-refractivity contribution in [3.05, 3.63) is 53.6 Å². The Labute approximate surface area is 226 Å². The summed E-state index contributed by atoms with van der Waals surface area (Å²) in [6.07, 6.45) is 5.01. The van der Waals surface area contributed by atoms with Gasteiger partial charge in [0.1, 0.15) is 11.6 Å². The van der Waals surface area contributed by atoms with E-state index in [9.17, 15) is 13.9 Å². The molecule has 3 unspecified atom stereocenters. The van der Waals surface area contributed by atoms with Gasteiger partial charge in [-0.15, -0.1) is 0 Å². The zero-order chi connectivity index (χ0) is 27.7. The van der Waals surface area contributed by atoms with Gasteiger partial charge in [-0.25, -0.2) is 18.7 Å². The highest BCUT2D eigenvalue weighted by Crippen LogP contribution is 2.32. The molecule has 10 nitrogen and oxygen atoms in total. The molecule has 39 heavy (non-hydrogen) atoms. The lowest BCUT2D eigenvalue weighted by molar-refractivity contribution is 0.131. The molecule has 1 aromatic carbocycles. The van der Waals surface area contributed by atoms with Gasteiger partial charge in [-0.3, -0.25) is 0 Å². The van der Waals surface area contributed by atoms with E-state index >= 15 is 0 Å². The van der Waals surface area contributed by atoms with Crippen molar-refractivity contribution in [2.75, 3.05) is 42.6 Å². The van der Waals surface area contributed by atoms with Crippen LogP contribution in [0.5, 0.6) is 5.75 Å². The molecule has 0 aliphatic carbocycles. The number of piperidine rings is 1. The monoisotopic (exact) mass is 543 g/mol. The van der Waals surface area contributed by atoms with Crippen LogP contribution in [0.25, 0.3) is 0 Å². The van der Waals surface area contributed by atoms with E-state index in [1.807, 2.05) is 25.7 Å². The van der Waals surface area contributed by atoms with Crippen molar-refractivity contribution in [2.45, 2.75) is 57.1 Å². The van der Waals surface area contributed by atoms with Crippen molar-refractivity contribution in [2.24, 2.45) is 11.7 Å². The Morgan fingerprint density at radius 1 is 1.15 bits per heavy atom. The van der Waals surface area contributed by atoms with E-state index in [4.69, 9.17) is 15.0 Å². The average molecular weight is 544 g/mol. The van der Waals surface area contributed by atoms with Crippen LogP contribution in [0.2, 0.25) is 0 Å². The van der Waals surface area contributed by atoms with Crippen LogP contribution in [0.3, 0.4) is 0 Å². The predicted molar refractivity (Wildman–Crippen MR) is 141 cm³/mol. The van der Waals surface area contributed by atoms with Crippen molar-refractivity contribution >= 4 is 12.0 Å². The summed E-state index contributed by atoms with van der Waals surface area (Å²) < 4.78 is 39.6. The van der Waals surface area contributed by atoms with Gasteiger partial charge in [-0.05, 0) is 49.4 Å². The molecule has 3 atom stereocenters. The minimum absolute atomic E-state index is 0.0475. The molecule has 4 heterocycles. The first kappa shape index (κ1) is 27.2. The van der Waals surface area contributed by atoms with Crippen molar-refractivity contribution in [3.8, 4) is 5.75 Å². The minimum atomic E-state index is -0.554. The quantitative estimate of drug-likeness (QED) is 0.438. The fourth-order valence-electron chi connectivity index (χ4n) is 5.21. The number of hydrogen-bond acceptors (Lipinski definition) is 10. The summed E-state index contributed by atoms with van der Waals surface area (Å²) in [6, 6.07) is 3.56. The third-order valence-electron chi connectivity index (χ3n) is 7.83. The van der Waals surface area contributed by atoms with E-state index in [-0.39, 0.29) is 30.2 Å². The summed E-state index contributed by atoms with van der Waals surface area (Å²) in [5.41, 5.74) is 5.99. The van der Waals surface area contributed by atoms with Crippen LogP contribution in [-0.4, -0.2) is 70.1 Å². The molecule has 0 bridgehead atoms. The highest BCUT2D eigenvalue weighted by molar-refractivity contribution is 5.39. The molecule has 3 aromatic rings. The summed E-state index contributed by atoms with van der Waals surface area (Å²) >= 11 is 0. The van der Waals surface area contributed by atoms with Crippen molar-refractivity contribution in [3.63, 3.8) is 0 Å². The van der Waals surface area contributed by atoms with E-state index in [1.54, 1.807) is 12.4 Å². The van der Waals surface area contributed by atoms with Gasteiger partial charge in [-0.1, -0.05) is 19.0 Å². The Kier molecular flexibility index (Phi) is 7.68. The molecule has 3 N–H and O–H groups in total. The largest absolute Gasteiger partial charge is 0.487 e. The van der Waals surface area contributed by atoms with E-state index in [0.717, 1.165) is 38.1 Å². The third kappa shape index (κ3) is 5.81. The number of nitrogens with two attached hydrogens (primary N) is 1. The Balaban J connectivity index is 1.14. The van der Waals surface area contributed by atoms with Gasteiger partial charge >= 0.3 is 6.01 Å². The topological polar surface area (TPSA) is 127 Å². The summed E-state index contributed by atoms with van der Waals surface area (Å²) in [6.45, 7) is 8.08. The number of benzene rings is 1. The van der Waals surface area contributed by atoms with E-state index in [0.29, 0.717) is 42.5 Å². The Bertz CT molecular complexity index is 1260.